The fourth-order valence-electron chi connectivity index (χ4n) is 3.34. The Bertz CT molecular complexity index is 808. The van der Waals surface area contributed by atoms with Gasteiger partial charge in [-0.1, -0.05) is 72.8 Å². The minimum absolute atomic E-state index is 0.568. The van der Waals surface area contributed by atoms with Crippen molar-refractivity contribution in [3.05, 3.63) is 78.9 Å². The summed E-state index contributed by atoms with van der Waals surface area (Å²) in [5, 5.41) is 3.38. The molecule has 1 saturated heterocycles. The quantitative estimate of drug-likeness (QED) is 0.766. The van der Waals surface area contributed by atoms with Gasteiger partial charge in [-0.3, -0.25) is 0 Å². The van der Waals surface area contributed by atoms with Gasteiger partial charge in [0.2, 0.25) is 0 Å². The maximum Gasteiger partial charge on any atom is 0.0535 e. The average molecular weight is 314 g/mol. The summed E-state index contributed by atoms with van der Waals surface area (Å²) in [7, 11) is 2.21. The van der Waals surface area contributed by atoms with Gasteiger partial charge in [0.15, 0.2) is 0 Å². The first-order chi connectivity index (χ1) is 11.8. The highest BCUT2D eigenvalue weighted by atomic mass is 15.2. The fourth-order valence-corrected chi connectivity index (χ4v) is 3.34. The summed E-state index contributed by atoms with van der Waals surface area (Å²) in [4.78, 5) is 2.42. The van der Waals surface area contributed by atoms with Gasteiger partial charge in [-0.25, -0.2) is 0 Å². The van der Waals surface area contributed by atoms with Crippen LogP contribution in [0, 0.1) is 0 Å². The topological polar surface area (TPSA) is 15.3 Å². The molecular formula is C22H22N2. The maximum absolute atomic E-state index is 3.38. The number of anilines is 1. The number of nitrogens with zero attached hydrogens (tertiary/aromatic N) is 1. The summed E-state index contributed by atoms with van der Waals surface area (Å²) >= 11 is 0. The van der Waals surface area contributed by atoms with Crippen molar-refractivity contribution in [3.8, 4) is 22.3 Å². The van der Waals surface area contributed by atoms with Crippen molar-refractivity contribution >= 4 is 5.69 Å². The predicted octanol–water partition coefficient (Wildman–Crippen LogP) is 4.43. The van der Waals surface area contributed by atoms with Gasteiger partial charge < -0.3 is 10.2 Å². The highest BCUT2D eigenvalue weighted by molar-refractivity contribution is 5.92. The van der Waals surface area contributed by atoms with Gasteiger partial charge in [0.1, 0.15) is 0 Å². The average Bonchev–Trinajstić information content (AvgIpc) is 2.61. The summed E-state index contributed by atoms with van der Waals surface area (Å²) in [6.45, 7) is 2.11. The molecule has 1 fully saturated rings. The van der Waals surface area contributed by atoms with Crippen molar-refractivity contribution in [2.45, 2.75) is 6.04 Å². The summed E-state index contributed by atoms with van der Waals surface area (Å²) in [5.74, 6) is 0. The van der Waals surface area contributed by atoms with Crippen LogP contribution in [-0.2, 0) is 0 Å². The third kappa shape index (κ3) is 2.70. The van der Waals surface area contributed by atoms with Crippen LogP contribution in [0.5, 0.6) is 0 Å². The van der Waals surface area contributed by atoms with Gasteiger partial charge >= 0.3 is 0 Å². The molecule has 24 heavy (non-hydrogen) atoms. The predicted molar refractivity (Wildman–Crippen MR) is 102 cm³/mol. The zero-order valence-electron chi connectivity index (χ0n) is 13.9. The van der Waals surface area contributed by atoms with Crippen molar-refractivity contribution < 1.29 is 0 Å². The van der Waals surface area contributed by atoms with Gasteiger partial charge in [-0.15, -0.1) is 0 Å². The molecule has 1 heterocycles. The van der Waals surface area contributed by atoms with E-state index < -0.39 is 0 Å². The molecule has 1 aliphatic rings. The van der Waals surface area contributed by atoms with Crippen LogP contribution in [-0.4, -0.2) is 26.2 Å². The summed E-state index contributed by atoms with van der Waals surface area (Å²) in [5.41, 5.74) is 6.44. The summed E-state index contributed by atoms with van der Waals surface area (Å²) in [6.07, 6.45) is 0. The van der Waals surface area contributed by atoms with Crippen LogP contribution in [0.25, 0.3) is 22.3 Å². The number of likely N-dealkylation sites (N-methyl/N-ethyl adjacent to an activating group) is 1. The Kier molecular flexibility index (Phi) is 4.06. The highest BCUT2D eigenvalue weighted by Gasteiger charge is 2.24. The molecule has 0 amide bonds. The second-order valence-corrected chi connectivity index (χ2v) is 6.35. The Labute approximate surface area is 143 Å². The minimum Gasteiger partial charge on any atom is -0.369 e. The van der Waals surface area contributed by atoms with Crippen molar-refractivity contribution in [3.63, 3.8) is 0 Å². The number of rotatable bonds is 4. The molecule has 0 aliphatic carbocycles. The minimum atomic E-state index is 0.568. The molecule has 3 aromatic carbocycles. The van der Waals surface area contributed by atoms with Gasteiger partial charge in [-0.05, 0) is 22.8 Å². The zero-order valence-corrected chi connectivity index (χ0v) is 13.9. The number of hydrogen-bond acceptors (Lipinski definition) is 2. The van der Waals surface area contributed by atoms with Crippen LogP contribution in [0.3, 0.4) is 0 Å². The maximum atomic E-state index is 3.38. The number of nitrogens with one attached hydrogen (secondary N) is 1. The molecule has 0 saturated carbocycles. The van der Waals surface area contributed by atoms with Crippen LogP contribution >= 0.6 is 0 Å². The molecule has 0 atom stereocenters. The van der Waals surface area contributed by atoms with Crippen molar-refractivity contribution in [2.75, 3.05) is 25.0 Å². The molecule has 4 rings (SSSR count). The summed E-state index contributed by atoms with van der Waals surface area (Å²) in [6, 6.07) is 28.6. The standard InChI is InChI=1S/C22H22N2/c1-24(19-15-23-16-19)21-14-8-13-20(17-9-4-2-5-10-17)22(21)18-11-6-3-7-12-18/h2-14,19,23H,15-16H2,1H3. The fraction of sp³-hybridized carbons (Fsp3) is 0.182. The molecule has 0 bridgehead atoms. The van der Waals surface area contributed by atoms with E-state index in [0.717, 1.165) is 13.1 Å². The Morgan fingerprint density at radius 3 is 1.96 bits per heavy atom. The zero-order chi connectivity index (χ0) is 16.4. The molecule has 0 unspecified atom stereocenters. The van der Waals surface area contributed by atoms with Crippen LogP contribution < -0.4 is 10.2 Å². The van der Waals surface area contributed by atoms with E-state index in [9.17, 15) is 0 Å². The first-order valence-corrected chi connectivity index (χ1v) is 8.52. The van der Waals surface area contributed by atoms with E-state index in [1.165, 1.54) is 27.9 Å². The van der Waals surface area contributed by atoms with Crippen molar-refractivity contribution in [1.82, 2.24) is 5.32 Å². The summed E-state index contributed by atoms with van der Waals surface area (Å²) < 4.78 is 0. The molecule has 2 heteroatoms. The van der Waals surface area contributed by atoms with E-state index in [1.807, 2.05) is 0 Å². The Balaban J connectivity index is 1.91. The molecule has 3 aromatic rings. The lowest BCUT2D eigenvalue weighted by Gasteiger charge is -2.38. The van der Waals surface area contributed by atoms with Gasteiger partial charge in [0.25, 0.3) is 0 Å². The molecule has 1 N–H and O–H groups in total. The Hall–Kier alpha value is -2.58. The molecule has 0 aromatic heterocycles. The second kappa shape index (κ2) is 6.50. The van der Waals surface area contributed by atoms with Crippen molar-refractivity contribution in [2.24, 2.45) is 0 Å². The lowest BCUT2D eigenvalue weighted by Crippen LogP contribution is -2.56. The van der Waals surface area contributed by atoms with Crippen LogP contribution in [0.15, 0.2) is 78.9 Å². The van der Waals surface area contributed by atoms with E-state index in [0.29, 0.717) is 6.04 Å². The first kappa shape index (κ1) is 15.0. The number of hydrogen-bond donors (Lipinski definition) is 1. The number of benzene rings is 3. The first-order valence-electron chi connectivity index (χ1n) is 8.52. The van der Waals surface area contributed by atoms with Crippen LogP contribution in [0.2, 0.25) is 0 Å². The van der Waals surface area contributed by atoms with Crippen LogP contribution in [0.1, 0.15) is 0 Å². The van der Waals surface area contributed by atoms with E-state index in [1.54, 1.807) is 0 Å². The van der Waals surface area contributed by atoms with E-state index >= 15 is 0 Å². The Morgan fingerprint density at radius 1 is 0.750 bits per heavy atom. The lowest BCUT2D eigenvalue weighted by molar-refractivity contribution is 0.429. The molecule has 1 aliphatic heterocycles. The van der Waals surface area contributed by atoms with E-state index in [2.05, 4.69) is 96.1 Å². The molecule has 120 valence electrons. The third-order valence-corrected chi connectivity index (χ3v) is 4.88. The third-order valence-electron chi connectivity index (χ3n) is 4.88. The second-order valence-electron chi connectivity index (χ2n) is 6.35. The van der Waals surface area contributed by atoms with Gasteiger partial charge in [-0.2, -0.15) is 0 Å². The van der Waals surface area contributed by atoms with Crippen molar-refractivity contribution in [1.29, 1.82) is 0 Å². The van der Waals surface area contributed by atoms with E-state index in [4.69, 9.17) is 0 Å². The largest absolute Gasteiger partial charge is 0.369 e. The monoisotopic (exact) mass is 314 g/mol. The molecular weight excluding hydrogens is 292 g/mol. The highest BCUT2D eigenvalue weighted by Crippen LogP contribution is 2.39. The normalized spacial score (nSPS) is 14.2. The van der Waals surface area contributed by atoms with E-state index in [-0.39, 0.29) is 0 Å². The van der Waals surface area contributed by atoms with Crippen LogP contribution in [0.4, 0.5) is 5.69 Å². The SMILES string of the molecule is CN(c1cccc(-c2ccccc2)c1-c1ccccc1)C1CNC1. The molecule has 0 spiro atoms. The van der Waals surface area contributed by atoms with Gasteiger partial charge in [0.05, 0.1) is 6.04 Å². The smallest absolute Gasteiger partial charge is 0.0535 e. The molecule has 2 nitrogen and oxygen atoms in total. The molecule has 0 radical (unpaired) electrons. The Morgan fingerprint density at radius 2 is 1.38 bits per heavy atom. The van der Waals surface area contributed by atoms with Gasteiger partial charge in [0, 0.05) is 31.4 Å². The lowest BCUT2D eigenvalue weighted by atomic mass is 9.92.